The number of benzene rings is 2. The van der Waals surface area contributed by atoms with Gasteiger partial charge in [0.1, 0.15) is 18.2 Å². The van der Waals surface area contributed by atoms with Crippen LogP contribution in [0.5, 0.6) is 5.75 Å². The van der Waals surface area contributed by atoms with Gasteiger partial charge in [-0.05, 0) is 29.8 Å². The van der Waals surface area contributed by atoms with Crippen LogP contribution < -0.4 is 10.5 Å². The lowest BCUT2D eigenvalue weighted by atomic mass is 10.2. The topological polar surface area (TPSA) is 35.2 Å². The molecule has 108 valence electrons. The Morgan fingerprint density at radius 3 is 2.62 bits per heavy atom. The molecule has 21 heavy (non-hydrogen) atoms. The Morgan fingerprint density at radius 2 is 1.90 bits per heavy atom. The molecule has 0 aromatic heterocycles. The molecule has 2 aromatic carbocycles. The van der Waals surface area contributed by atoms with Crippen molar-refractivity contribution in [2.45, 2.75) is 6.61 Å². The third-order valence-electron chi connectivity index (χ3n) is 2.65. The molecule has 0 saturated heterocycles. The number of rotatable bonds is 3. The first kappa shape index (κ1) is 15.7. The van der Waals surface area contributed by atoms with Crippen LogP contribution in [0.15, 0.2) is 36.4 Å². The molecule has 0 unspecified atom stereocenters. The zero-order valence-corrected chi connectivity index (χ0v) is 12.5. The quantitative estimate of drug-likeness (QED) is 0.866. The zero-order valence-electron chi connectivity index (χ0n) is 11.0. The lowest BCUT2D eigenvalue weighted by Crippen LogP contribution is -1.99. The minimum absolute atomic E-state index is 0.226. The average molecular weight is 324 g/mol. The summed E-state index contributed by atoms with van der Waals surface area (Å²) in [5.74, 6) is 5.53. The maximum absolute atomic E-state index is 13.3. The molecule has 0 aliphatic carbocycles. The predicted octanol–water partition coefficient (Wildman–Crippen LogP) is 4.02. The zero-order chi connectivity index (χ0) is 15.2. The van der Waals surface area contributed by atoms with Crippen LogP contribution in [0.3, 0.4) is 0 Å². The molecular weight excluding hydrogens is 312 g/mol. The van der Waals surface area contributed by atoms with Crippen molar-refractivity contribution < 1.29 is 9.13 Å². The van der Waals surface area contributed by atoms with Gasteiger partial charge < -0.3 is 10.5 Å². The minimum atomic E-state index is -0.391. The Hall–Kier alpha value is -1.73. The number of hydrogen-bond acceptors (Lipinski definition) is 2. The van der Waals surface area contributed by atoms with E-state index in [-0.39, 0.29) is 13.2 Å². The molecule has 2 aromatic rings. The van der Waals surface area contributed by atoms with E-state index >= 15 is 0 Å². The van der Waals surface area contributed by atoms with Crippen LogP contribution in [-0.2, 0) is 6.61 Å². The van der Waals surface area contributed by atoms with E-state index < -0.39 is 5.82 Å². The fourth-order valence-electron chi connectivity index (χ4n) is 1.66. The first-order valence-corrected chi connectivity index (χ1v) is 6.91. The Kier molecular flexibility index (Phi) is 5.46. The molecule has 0 atom stereocenters. The normalized spacial score (nSPS) is 9.90. The largest absolute Gasteiger partial charge is 0.487 e. The van der Waals surface area contributed by atoms with Crippen molar-refractivity contribution in [3.8, 4) is 17.6 Å². The molecule has 0 heterocycles. The highest BCUT2D eigenvalue weighted by Crippen LogP contribution is 2.24. The summed E-state index contributed by atoms with van der Waals surface area (Å²) in [6, 6.07) is 9.35. The maximum atomic E-state index is 13.3. The summed E-state index contributed by atoms with van der Waals surface area (Å²) in [6.07, 6.45) is 0. The number of ether oxygens (including phenoxy) is 1. The summed E-state index contributed by atoms with van der Waals surface area (Å²) < 4.78 is 18.9. The monoisotopic (exact) mass is 323 g/mol. The van der Waals surface area contributed by atoms with Gasteiger partial charge in [-0.25, -0.2) is 4.39 Å². The second-order valence-electron chi connectivity index (χ2n) is 4.18. The van der Waals surface area contributed by atoms with E-state index in [0.717, 1.165) is 5.56 Å². The van der Waals surface area contributed by atoms with Crippen LogP contribution in [0.4, 0.5) is 4.39 Å². The molecule has 0 saturated carbocycles. The lowest BCUT2D eigenvalue weighted by Gasteiger charge is -2.09. The molecule has 0 aliphatic rings. The van der Waals surface area contributed by atoms with Crippen molar-refractivity contribution in [3.63, 3.8) is 0 Å². The minimum Gasteiger partial charge on any atom is -0.487 e. The first-order chi connectivity index (χ1) is 10.1. The number of hydrogen-bond donors (Lipinski definition) is 1. The average Bonchev–Trinajstić information content (AvgIpc) is 2.47. The molecule has 0 bridgehead atoms. The van der Waals surface area contributed by atoms with Gasteiger partial charge in [-0.1, -0.05) is 41.1 Å². The SMILES string of the molecule is NCC#Cc1ccc(F)cc1OCc1ccc(Cl)c(Cl)c1. The van der Waals surface area contributed by atoms with Gasteiger partial charge in [0.15, 0.2) is 0 Å². The van der Waals surface area contributed by atoms with E-state index in [9.17, 15) is 4.39 Å². The van der Waals surface area contributed by atoms with Gasteiger partial charge in [0.05, 0.1) is 22.2 Å². The van der Waals surface area contributed by atoms with Crippen LogP contribution >= 0.6 is 23.2 Å². The van der Waals surface area contributed by atoms with Crippen molar-refractivity contribution in [2.75, 3.05) is 6.54 Å². The summed E-state index contributed by atoms with van der Waals surface area (Å²) in [5, 5.41) is 0.917. The lowest BCUT2D eigenvalue weighted by molar-refractivity contribution is 0.304. The Labute approximate surface area is 132 Å². The highest BCUT2D eigenvalue weighted by atomic mass is 35.5. The highest BCUT2D eigenvalue weighted by molar-refractivity contribution is 6.42. The van der Waals surface area contributed by atoms with Crippen LogP contribution in [0.1, 0.15) is 11.1 Å². The van der Waals surface area contributed by atoms with Gasteiger partial charge in [-0.15, -0.1) is 0 Å². The first-order valence-electron chi connectivity index (χ1n) is 6.15. The van der Waals surface area contributed by atoms with Gasteiger partial charge in [0, 0.05) is 6.07 Å². The maximum Gasteiger partial charge on any atom is 0.138 e. The Balaban J connectivity index is 2.18. The molecule has 5 heteroatoms. The summed E-state index contributed by atoms with van der Waals surface area (Å²) >= 11 is 11.8. The molecule has 0 aliphatic heterocycles. The van der Waals surface area contributed by atoms with Gasteiger partial charge >= 0.3 is 0 Å². The molecule has 0 amide bonds. The van der Waals surface area contributed by atoms with Crippen LogP contribution in [-0.4, -0.2) is 6.54 Å². The predicted molar refractivity (Wildman–Crippen MR) is 83.1 cm³/mol. The van der Waals surface area contributed by atoms with Gasteiger partial charge in [0.2, 0.25) is 0 Å². The summed E-state index contributed by atoms with van der Waals surface area (Å²) in [6.45, 7) is 0.460. The van der Waals surface area contributed by atoms with Crippen LogP contribution in [0, 0.1) is 17.7 Å². The number of halogens is 3. The van der Waals surface area contributed by atoms with E-state index in [2.05, 4.69) is 11.8 Å². The van der Waals surface area contributed by atoms with Crippen molar-refractivity contribution in [2.24, 2.45) is 5.73 Å². The molecule has 2 nitrogen and oxygen atoms in total. The molecule has 0 fully saturated rings. The fraction of sp³-hybridized carbons (Fsp3) is 0.125. The van der Waals surface area contributed by atoms with Crippen molar-refractivity contribution in [1.29, 1.82) is 0 Å². The van der Waals surface area contributed by atoms with E-state index in [4.69, 9.17) is 33.7 Å². The Bertz CT molecular complexity index is 707. The smallest absolute Gasteiger partial charge is 0.138 e. The van der Waals surface area contributed by atoms with E-state index in [0.29, 0.717) is 21.4 Å². The van der Waals surface area contributed by atoms with Crippen molar-refractivity contribution >= 4 is 23.2 Å². The Morgan fingerprint density at radius 1 is 1.10 bits per heavy atom. The summed E-state index contributed by atoms with van der Waals surface area (Å²) in [4.78, 5) is 0. The fourth-order valence-corrected chi connectivity index (χ4v) is 1.98. The molecular formula is C16H12Cl2FNO. The molecule has 2 rings (SSSR count). The third kappa shape index (κ3) is 4.37. The van der Waals surface area contributed by atoms with Gasteiger partial charge in [0.25, 0.3) is 0 Å². The molecule has 0 spiro atoms. The summed E-state index contributed by atoms with van der Waals surface area (Å²) in [7, 11) is 0. The molecule has 2 N–H and O–H groups in total. The second-order valence-corrected chi connectivity index (χ2v) is 5.00. The van der Waals surface area contributed by atoms with Crippen molar-refractivity contribution in [3.05, 3.63) is 63.4 Å². The van der Waals surface area contributed by atoms with Crippen LogP contribution in [0.2, 0.25) is 10.0 Å². The summed E-state index contributed by atoms with van der Waals surface area (Å²) in [5.41, 5.74) is 6.75. The van der Waals surface area contributed by atoms with E-state index in [1.807, 2.05) is 0 Å². The van der Waals surface area contributed by atoms with E-state index in [1.54, 1.807) is 24.3 Å². The van der Waals surface area contributed by atoms with Crippen molar-refractivity contribution in [1.82, 2.24) is 0 Å². The second kappa shape index (κ2) is 7.33. The van der Waals surface area contributed by atoms with E-state index in [1.165, 1.54) is 12.1 Å². The van der Waals surface area contributed by atoms with Crippen LogP contribution in [0.25, 0.3) is 0 Å². The third-order valence-corrected chi connectivity index (χ3v) is 3.39. The van der Waals surface area contributed by atoms with Gasteiger partial charge in [-0.3, -0.25) is 0 Å². The number of nitrogens with two attached hydrogens (primary N) is 1. The highest BCUT2D eigenvalue weighted by Gasteiger charge is 2.05. The molecule has 0 radical (unpaired) electrons. The van der Waals surface area contributed by atoms with Gasteiger partial charge in [-0.2, -0.15) is 0 Å². The standard InChI is InChI=1S/C16H12Cl2FNO/c17-14-6-3-11(8-15(14)18)10-21-16-9-13(19)5-4-12(16)2-1-7-20/h3-6,8-9H,7,10,20H2.